The number of esters is 1. The Morgan fingerprint density at radius 3 is 2.56 bits per heavy atom. The Labute approximate surface area is 124 Å². The van der Waals surface area contributed by atoms with Gasteiger partial charge in [0.05, 0.1) is 17.2 Å². The van der Waals surface area contributed by atoms with Crippen LogP contribution in [0.25, 0.3) is 0 Å². The van der Waals surface area contributed by atoms with Crippen molar-refractivity contribution in [2.45, 2.75) is 32.2 Å². The van der Waals surface area contributed by atoms with Crippen LogP contribution in [0.1, 0.15) is 36.7 Å². The molecular formula is C13H16Br2O3. The molecule has 0 N–H and O–H groups in total. The van der Waals surface area contributed by atoms with E-state index in [4.69, 9.17) is 9.47 Å². The fourth-order valence-electron chi connectivity index (χ4n) is 1.49. The molecule has 18 heavy (non-hydrogen) atoms. The highest BCUT2D eigenvalue weighted by molar-refractivity contribution is 9.10. The Morgan fingerprint density at radius 2 is 2.06 bits per heavy atom. The maximum atomic E-state index is 12.0. The minimum Gasteiger partial charge on any atom is -0.489 e. The summed E-state index contributed by atoms with van der Waals surface area (Å²) in [6.45, 7) is 5.96. The number of carbonyl (C=O) groups excluding carboxylic acids is 1. The molecule has 0 spiro atoms. The van der Waals surface area contributed by atoms with Crippen LogP contribution in [0.3, 0.4) is 0 Å². The van der Waals surface area contributed by atoms with Gasteiger partial charge in [0.15, 0.2) is 0 Å². The highest BCUT2D eigenvalue weighted by Crippen LogP contribution is 2.34. The maximum Gasteiger partial charge on any atom is 0.342 e. The van der Waals surface area contributed by atoms with E-state index in [9.17, 15) is 4.79 Å². The summed E-state index contributed by atoms with van der Waals surface area (Å²) in [5.41, 5.74) is 1.34. The standard InChI is InChI=1S/C13H16Br2O3/c1-4-17-13(16)11-9(7-14)5-6-10(15)12(11)18-8(2)3/h5-6,8H,4,7H2,1-3H3. The Hall–Kier alpha value is -0.550. The van der Waals surface area contributed by atoms with Crippen LogP contribution >= 0.6 is 31.9 Å². The first-order chi connectivity index (χ1) is 8.51. The number of halogens is 2. The zero-order chi connectivity index (χ0) is 13.7. The maximum absolute atomic E-state index is 12.0. The topological polar surface area (TPSA) is 35.5 Å². The zero-order valence-corrected chi connectivity index (χ0v) is 13.8. The van der Waals surface area contributed by atoms with Gasteiger partial charge < -0.3 is 9.47 Å². The van der Waals surface area contributed by atoms with Crippen molar-refractivity contribution in [1.82, 2.24) is 0 Å². The third kappa shape index (κ3) is 3.72. The summed E-state index contributed by atoms with van der Waals surface area (Å²) in [6.07, 6.45) is -0.0138. The molecule has 0 heterocycles. The normalized spacial score (nSPS) is 10.6. The van der Waals surface area contributed by atoms with E-state index in [2.05, 4.69) is 31.9 Å². The lowest BCUT2D eigenvalue weighted by atomic mass is 10.1. The number of ether oxygens (including phenoxy) is 2. The lowest BCUT2D eigenvalue weighted by molar-refractivity contribution is 0.0519. The molecule has 0 atom stereocenters. The van der Waals surface area contributed by atoms with Gasteiger partial charge in [-0.1, -0.05) is 22.0 Å². The summed E-state index contributed by atoms with van der Waals surface area (Å²) < 4.78 is 11.6. The molecule has 0 aliphatic heterocycles. The largest absolute Gasteiger partial charge is 0.489 e. The van der Waals surface area contributed by atoms with Crippen LogP contribution in [0.4, 0.5) is 0 Å². The van der Waals surface area contributed by atoms with Crippen molar-refractivity contribution in [3.8, 4) is 5.75 Å². The van der Waals surface area contributed by atoms with Gasteiger partial charge in [-0.2, -0.15) is 0 Å². The van der Waals surface area contributed by atoms with Gasteiger partial charge >= 0.3 is 5.97 Å². The van der Waals surface area contributed by atoms with E-state index in [1.807, 2.05) is 26.0 Å². The Kier molecular flexibility index (Phi) is 6.15. The van der Waals surface area contributed by atoms with Crippen molar-refractivity contribution in [2.24, 2.45) is 0 Å². The molecule has 1 rings (SSSR count). The third-order valence-corrected chi connectivity index (χ3v) is 3.40. The average Bonchev–Trinajstić information content (AvgIpc) is 2.31. The molecule has 3 nitrogen and oxygen atoms in total. The molecule has 1 aromatic carbocycles. The summed E-state index contributed by atoms with van der Waals surface area (Å²) in [5.74, 6) is 0.185. The van der Waals surface area contributed by atoms with Crippen LogP contribution in [0.15, 0.2) is 16.6 Å². The van der Waals surface area contributed by atoms with Gasteiger partial charge in [-0.15, -0.1) is 0 Å². The lowest BCUT2D eigenvalue weighted by Crippen LogP contribution is -2.14. The molecule has 0 saturated carbocycles. The van der Waals surface area contributed by atoms with E-state index in [-0.39, 0.29) is 12.1 Å². The second-order valence-corrected chi connectivity index (χ2v) is 5.35. The lowest BCUT2D eigenvalue weighted by Gasteiger charge is -2.17. The molecular weight excluding hydrogens is 364 g/mol. The minimum atomic E-state index is -0.357. The first-order valence-electron chi connectivity index (χ1n) is 5.72. The Balaban J connectivity index is 3.31. The number of alkyl halides is 1. The van der Waals surface area contributed by atoms with Crippen molar-refractivity contribution in [1.29, 1.82) is 0 Å². The van der Waals surface area contributed by atoms with Gasteiger partial charge in [0.1, 0.15) is 11.3 Å². The SMILES string of the molecule is CCOC(=O)c1c(CBr)ccc(Br)c1OC(C)C. The molecule has 100 valence electrons. The van der Waals surface area contributed by atoms with Gasteiger partial charge in [-0.3, -0.25) is 0 Å². The molecule has 0 radical (unpaired) electrons. The summed E-state index contributed by atoms with van der Waals surface area (Å²) in [4.78, 5) is 12.0. The fourth-order valence-corrected chi connectivity index (χ4v) is 2.38. The summed E-state index contributed by atoms with van der Waals surface area (Å²) >= 11 is 6.78. The molecule has 0 aliphatic carbocycles. The molecule has 0 aliphatic rings. The molecule has 5 heteroatoms. The van der Waals surface area contributed by atoms with Gasteiger partial charge in [0.25, 0.3) is 0 Å². The van der Waals surface area contributed by atoms with Crippen LogP contribution in [-0.4, -0.2) is 18.7 Å². The van der Waals surface area contributed by atoms with E-state index in [1.165, 1.54) is 0 Å². The van der Waals surface area contributed by atoms with Crippen molar-refractivity contribution in [3.63, 3.8) is 0 Å². The molecule has 0 aromatic heterocycles. The number of hydrogen-bond acceptors (Lipinski definition) is 3. The molecule has 0 saturated heterocycles. The zero-order valence-electron chi connectivity index (χ0n) is 10.6. The first-order valence-corrected chi connectivity index (χ1v) is 7.63. The van der Waals surface area contributed by atoms with E-state index in [1.54, 1.807) is 6.92 Å². The molecule has 0 unspecified atom stereocenters. The van der Waals surface area contributed by atoms with E-state index < -0.39 is 0 Å². The highest BCUT2D eigenvalue weighted by Gasteiger charge is 2.21. The third-order valence-electron chi connectivity index (χ3n) is 2.17. The number of carbonyl (C=O) groups is 1. The predicted molar refractivity (Wildman–Crippen MR) is 78.5 cm³/mol. The Bertz CT molecular complexity index is 430. The van der Waals surface area contributed by atoms with Crippen molar-refractivity contribution in [3.05, 3.63) is 27.7 Å². The number of hydrogen-bond donors (Lipinski definition) is 0. The molecule has 0 amide bonds. The van der Waals surface area contributed by atoms with Gasteiger partial charge in [0.2, 0.25) is 0 Å². The summed E-state index contributed by atoms with van der Waals surface area (Å²) in [7, 11) is 0. The van der Waals surface area contributed by atoms with E-state index in [0.717, 1.165) is 10.0 Å². The highest BCUT2D eigenvalue weighted by atomic mass is 79.9. The number of benzene rings is 1. The van der Waals surface area contributed by atoms with Gasteiger partial charge in [-0.25, -0.2) is 4.79 Å². The second kappa shape index (κ2) is 7.14. The molecule has 0 bridgehead atoms. The smallest absolute Gasteiger partial charge is 0.342 e. The predicted octanol–water partition coefficient (Wildman–Crippen LogP) is 4.31. The van der Waals surface area contributed by atoms with Gasteiger partial charge in [-0.05, 0) is 48.3 Å². The van der Waals surface area contributed by atoms with Crippen LogP contribution < -0.4 is 4.74 Å². The van der Waals surface area contributed by atoms with Crippen molar-refractivity contribution in [2.75, 3.05) is 6.61 Å². The molecule has 1 aromatic rings. The molecule has 0 fully saturated rings. The van der Waals surface area contributed by atoms with Crippen LogP contribution in [0, 0.1) is 0 Å². The minimum absolute atomic E-state index is 0.0138. The van der Waals surface area contributed by atoms with E-state index in [0.29, 0.717) is 23.2 Å². The first kappa shape index (κ1) is 15.5. The van der Waals surface area contributed by atoms with Crippen LogP contribution in [0.2, 0.25) is 0 Å². The quantitative estimate of drug-likeness (QED) is 0.564. The van der Waals surface area contributed by atoms with Crippen LogP contribution in [-0.2, 0) is 10.1 Å². The van der Waals surface area contributed by atoms with Crippen LogP contribution in [0.5, 0.6) is 5.75 Å². The van der Waals surface area contributed by atoms with Crippen molar-refractivity contribution < 1.29 is 14.3 Å². The Morgan fingerprint density at radius 1 is 1.39 bits per heavy atom. The summed E-state index contributed by atoms with van der Waals surface area (Å²) in [5, 5.41) is 0.572. The average molecular weight is 380 g/mol. The number of rotatable bonds is 5. The van der Waals surface area contributed by atoms with Gasteiger partial charge in [0, 0.05) is 5.33 Å². The van der Waals surface area contributed by atoms with E-state index >= 15 is 0 Å². The monoisotopic (exact) mass is 378 g/mol. The fraction of sp³-hybridized carbons (Fsp3) is 0.462. The summed E-state index contributed by atoms with van der Waals surface area (Å²) in [6, 6.07) is 3.75. The second-order valence-electron chi connectivity index (χ2n) is 3.93. The van der Waals surface area contributed by atoms with Crippen molar-refractivity contribution >= 4 is 37.8 Å².